The molecule has 2 N–H and O–H groups in total. The summed E-state index contributed by atoms with van der Waals surface area (Å²) in [7, 11) is -3.35. The highest BCUT2D eigenvalue weighted by atomic mass is 32.2. The Labute approximate surface area is 133 Å². The molecule has 1 atom stereocenters. The van der Waals surface area contributed by atoms with E-state index in [2.05, 4.69) is 23.2 Å². The van der Waals surface area contributed by atoms with E-state index in [1.165, 1.54) is 6.42 Å². The number of nitrogens with one attached hydrogen (secondary N) is 2. The van der Waals surface area contributed by atoms with Gasteiger partial charge in [0.2, 0.25) is 0 Å². The van der Waals surface area contributed by atoms with Gasteiger partial charge in [0, 0.05) is 30.4 Å². The Bertz CT molecular complexity index is 418. The number of hydrogen-bond donors (Lipinski definition) is 2. The Morgan fingerprint density at radius 3 is 2.62 bits per heavy atom. The van der Waals surface area contributed by atoms with Gasteiger partial charge in [-0.3, -0.25) is 0 Å². The molecule has 21 heavy (non-hydrogen) atoms. The van der Waals surface area contributed by atoms with Gasteiger partial charge in [-0.1, -0.05) is 19.8 Å². The fourth-order valence-corrected chi connectivity index (χ4v) is 5.71. The van der Waals surface area contributed by atoms with Gasteiger partial charge in [-0.2, -0.15) is 24.5 Å². The summed E-state index contributed by atoms with van der Waals surface area (Å²) in [5.41, 5.74) is 0. The van der Waals surface area contributed by atoms with Crippen LogP contribution in [0.2, 0.25) is 0 Å². The topological polar surface area (TPSA) is 61.4 Å². The highest BCUT2D eigenvalue weighted by Crippen LogP contribution is 2.42. The number of likely N-dealkylation sites (N-methyl/N-ethyl adjacent to an activating group) is 1. The third-order valence-electron chi connectivity index (χ3n) is 4.79. The maximum atomic E-state index is 12.6. The Balaban J connectivity index is 1.95. The summed E-state index contributed by atoms with van der Waals surface area (Å²) in [6.07, 6.45) is 8.60. The third-order valence-corrected chi connectivity index (χ3v) is 7.81. The lowest BCUT2D eigenvalue weighted by Gasteiger charge is -2.41. The molecular weight excluding hydrogens is 306 g/mol. The van der Waals surface area contributed by atoms with Crippen LogP contribution >= 0.6 is 11.8 Å². The van der Waals surface area contributed by atoms with Crippen LogP contribution in [0.5, 0.6) is 0 Å². The van der Waals surface area contributed by atoms with Crippen LogP contribution in [0.15, 0.2) is 0 Å². The summed E-state index contributed by atoms with van der Waals surface area (Å²) in [6, 6.07) is 0.0998. The molecule has 1 aliphatic carbocycles. The van der Waals surface area contributed by atoms with Crippen LogP contribution in [0.3, 0.4) is 0 Å². The van der Waals surface area contributed by atoms with Crippen LogP contribution in [-0.4, -0.2) is 55.9 Å². The molecule has 0 amide bonds. The maximum Gasteiger partial charge on any atom is 0.279 e. The van der Waals surface area contributed by atoms with Crippen LogP contribution in [-0.2, 0) is 10.2 Å². The summed E-state index contributed by atoms with van der Waals surface area (Å²) in [4.78, 5) is 0. The molecule has 0 radical (unpaired) electrons. The van der Waals surface area contributed by atoms with Gasteiger partial charge in [-0.15, -0.1) is 0 Å². The average molecular weight is 336 g/mol. The lowest BCUT2D eigenvalue weighted by Crippen LogP contribution is -2.55. The zero-order valence-corrected chi connectivity index (χ0v) is 14.9. The van der Waals surface area contributed by atoms with Gasteiger partial charge in [0.15, 0.2) is 0 Å². The molecule has 124 valence electrons. The van der Waals surface area contributed by atoms with Crippen molar-refractivity contribution in [2.24, 2.45) is 0 Å². The summed E-state index contributed by atoms with van der Waals surface area (Å²) in [6.45, 7) is 4.91. The second kappa shape index (κ2) is 7.64. The van der Waals surface area contributed by atoms with E-state index >= 15 is 0 Å². The molecule has 7 heteroatoms. The zero-order valence-electron chi connectivity index (χ0n) is 13.2. The van der Waals surface area contributed by atoms with E-state index in [1.54, 1.807) is 16.1 Å². The van der Waals surface area contributed by atoms with Crippen LogP contribution in [0, 0.1) is 0 Å². The normalized spacial score (nSPS) is 26.5. The van der Waals surface area contributed by atoms with Crippen molar-refractivity contribution in [2.45, 2.75) is 56.2 Å². The number of rotatable bonds is 8. The first kappa shape index (κ1) is 17.5. The zero-order chi connectivity index (χ0) is 15.3. The van der Waals surface area contributed by atoms with Crippen LogP contribution in [0.25, 0.3) is 0 Å². The molecule has 0 spiro atoms. The highest BCUT2D eigenvalue weighted by molar-refractivity contribution is 8.00. The minimum atomic E-state index is -3.35. The monoisotopic (exact) mass is 335 g/mol. The van der Waals surface area contributed by atoms with Crippen molar-refractivity contribution < 1.29 is 8.42 Å². The van der Waals surface area contributed by atoms with E-state index in [0.29, 0.717) is 13.1 Å². The minimum absolute atomic E-state index is 0.0998. The molecule has 0 aromatic rings. The van der Waals surface area contributed by atoms with Crippen molar-refractivity contribution in [3.05, 3.63) is 0 Å². The summed E-state index contributed by atoms with van der Waals surface area (Å²) >= 11 is 1.80. The standard InChI is InChI=1S/C14H29N3O2S2/c1-3-15-11-13-7-4-5-10-17(13)21(18,19)16-12-14(20-2)8-6-9-14/h13,15-16H,3-12H2,1-2H3. The van der Waals surface area contributed by atoms with E-state index in [4.69, 9.17) is 0 Å². The average Bonchev–Trinajstić information content (AvgIpc) is 2.44. The molecule has 1 saturated carbocycles. The molecule has 1 aliphatic heterocycles. The first-order chi connectivity index (χ1) is 10.0. The molecule has 2 fully saturated rings. The van der Waals surface area contributed by atoms with Gasteiger partial charge >= 0.3 is 0 Å². The molecule has 1 heterocycles. The summed E-state index contributed by atoms with van der Waals surface area (Å²) in [5, 5.41) is 3.29. The molecule has 2 aliphatic rings. The Kier molecular flexibility index (Phi) is 6.38. The Morgan fingerprint density at radius 2 is 2.05 bits per heavy atom. The van der Waals surface area contributed by atoms with E-state index < -0.39 is 10.2 Å². The number of hydrogen-bond acceptors (Lipinski definition) is 4. The molecule has 0 bridgehead atoms. The summed E-state index contributed by atoms with van der Waals surface area (Å²) in [5.74, 6) is 0. The fourth-order valence-electron chi connectivity index (χ4n) is 3.14. The van der Waals surface area contributed by atoms with Crippen molar-refractivity contribution in [2.75, 3.05) is 32.4 Å². The van der Waals surface area contributed by atoms with Gasteiger partial charge < -0.3 is 5.32 Å². The molecule has 5 nitrogen and oxygen atoms in total. The minimum Gasteiger partial charge on any atom is -0.315 e. The largest absolute Gasteiger partial charge is 0.315 e. The van der Waals surface area contributed by atoms with E-state index in [1.807, 2.05) is 0 Å². The molecule has 1 saturated heterocycles. The van der Waals surface area contributed by atoms with Crippen molar-refractivity contribution in [3.63, 3.8) is 0 Å². The second-order valence-electron chi connectivity index (χ2n) is 6.13. The summed E-state index contributed by atoms with van der Waals surface area (Å²) < 4.78 is 30.0. The van der Waals surface area contributed by atoms with Crippen LogP contribution in [0.1, 0.15) is 45.4 Å². The second-order valence-corrected chi connectivity index (χ2v) is 9.12. The van der Waals surface area contributed by atoms with Crippen LogP contribution in [0.4, 0.5) is 0 Å². The molecule has 2 rings (SSSR count). The first-order valence-corrected chi connectivity index (χ1v) is 10.7. The predicted octanol–water partition coefficient (Wildman–Crippen LogP) is 1.57. The van der Waals surface area contributed by atoms with Gasteiger partial charge in [-0.05, 0) is 38.5 Å². The molecule has 1 unspecified atom stereocenters. The molecule has 0 aromatic heterocycles. The fraction of sp³-hybridized carbons (Fsp3) is 1.00. The van der Waals surface area contributed by atoms with Gasteiger partial charge in [0.05, 0.1) is 0 Å². The van der Waals surface area contributed by atoms with Gasteiger partial charge in [0.25, 0.3) is 10.2 Å². The number of thioether (sulfide) groups is 1. The van der Waals surface area contributed by atoms with Gasteiger partial charge in [0.1, 0.15) is 0 Å². The predicted molar refractivity (Wildman–Crippen MR) is 89.9 cm³/mol. The van der Waals surface area contributed by atoms with Crippen molar-refractivity contribution in [1.82, 2.24) is 14.3 Å². The highest BCUT2D eigenvalue weighted by Gasteiger charge is 2.39. The lowest BCUT2D eigenvalue weighted by molar-refractivity contribution is 0.242. The maximum absolute atomic E-state index is 12.6. The van der Waals surface area contributed by atoms with E-state index in [-0.39, 0.29) is 10.8 Å². The third kappa shape index (κ3) is 4.34. The number of piperidine rings is 1. The Morgan fingerprint density at radius 1 is 1.29 bits per heavy atom. The smallest absolute Gasteiger partial charge is 0.279 e. The quantitative estimate of drug-likeness (QED) is 0.707. The van der Waals surface area contributed by atoms with E-state index in [0.717, 1.165) is 45.2 Å². The number of nitrogens with zero attached hydrogens (tertiary/aromatic N) is 1. The van der Waals surface area contributed by atoms with Crippen molar-refractivity contribution in [3.8, 4) is 0 Å². The lowest BCUT2D eigenvalue weighted by atomic mass is 9.84. The SMILES string of the molecule is CCNCC1CCCCN1S(=O)(=O)NCC1(SC)CCC1. The molecular formula is C14H29N3O2S2. The van der Waals surface area contributed by atoms with Crippen LogP contribution < -0.4 is 10.0 Å². The van der Waals surface area contributed by atoms with E-state index in [9.17, 15) is 8.42 Å². The van der Waals surface area contributed by atoms with Crippen molar-refractivity contribution in [1.29, 1.82) is 0 Å². The van der Waals surface area contributed by atoms with Crippen molar-refractivity contribution >= 4 is 22.0 Å². The first-order valence-electron chi connectivity index (χ1n) is 8.05. The Hall–Kier alpha value is 0.180. The van der Waals surface area contributed by atoms with Gasteiger partial charge in [-0.25, -0.2) is 4.72 Å². The molecule has 0 aromatic carbocycles.